The lowest BCUT2D eigenvalue weighted by atomic mass is 10.0. The Kier molecular flexibility index (Phi) is 2.90. The number of aromatic amines is 1. The van der Waals surface area contributed by atoms with Crippen molar-refractivity contribution < 1.29 is 4.79 Å². The van der Waals surface area contributed by atoms with Gasteiger partial charge in [-0.1, -0.05) is 11.6 Å². The van der Waals surface area contributed by atoms with Gasteiger partial charge in [0.2, 0.25) is 0 Å². The summed E-state index contributed by atoms with van der Waals surface area (Å²) < 4.78 is 1.29. The molecule has 4 nitrogen and oxygen atoms in total. The number of hydrogen-bond donors (Lipinski definition) is 1. The zero-order valence-corrected chi connectivity index (χ0v) is 10.2. The van der Waals surface area contributed by atoms with Crippen LogP contribution < -0.4 is 5.56 Å². The van der Waals surface area contributed by atoms with E-state index in [-0.39, 0.29) is 16.9 Å². The lowest BCUT2D eigenvalue weighted by Gasteiger charge is -1.98. The van der Waals surface area contributed by atoms with Crippen molar-refractivity contribution in [1.29, 1.82) is 0 Å². The lowest BCUT2D eigenvalue weighted by Crippen LogP contribution is -2.19. The minimum Gasteiger partial charge on any atom is -0.299 e. The Morgan fingerprint density at radius 3 is 2.35 bits per heavy atom. The molecule has 0 bridgehead atoms. The molecule has 0 aliphatic rings. The minimum atomic E-state index is -0.317. The third-order valence-electron chi connectivity index (χ3n) is 2.56. The predicted octanol–water partition coefficient (Wildman–Crippen LogP) is 1.91. The number of rotatable bonds is 2. The van der Waals surface area contributed by atoms with Crippen LogP contribution in [0, 0.1) is 6.92 Å². The summed E-state index contributed by atoms with van der Waals surface area (Å²) in [6.45, 7) is 1.70. The summed E-state index contributed by atoms with van der Waals surface area (Å²) in [5, 5.41) is 3.35. The van der Waals surface area contributed by atoms with E-state index in [1.54, 1.807) is 38.2 Å². The normalized spacial score (nSPS) is 10.5. The van der Waals surface area contributed by atoms with Crippen LogP contribution in [0.4, 0.5) is 0 Å². The SMILES string of the molecule is Cc1[nH]n(C)c(=O)c1C(=O)c1ccc(Cl)cc1. The third-order valence-corrected chi connectivity index (χ3v) is 2.81. The molecule has 0 fully saturated rings. The third kappa shape index (κ3) is 2.03. The first kappa shape index (κ1) is 11.7. The first-order valence-corrected chi connectivity index (χ1v) is 5.44. The molecular formula is C12H11ClN2O2. The van der Waals surface area contributed by atoms with Crippen molar-refractivity contribution in [1.82, 2.24) is 9.78 Å². The van der Waals surface area contributed by atoms with Crippen molar-refractivity contribution in [3.05, 3.63) is 56.5 Å². The number of hydrogen-bond acceptors (Lipinski definition) is 2. The van der Waals surface area contributed by atoms with E-state index < -0.39 is 0 Å². The second-order valence-electron chi connectivity index (χ2n) is 3.81. The van der Waals surface area contributed by atoms with E-state index >= 15 is 0 Å². The minimum absolute atomic E-state index is 0.176. The summed E-state index contributed by atoms with van der Waals surface area (Å²) in [4.78, 5) is 23.9. The van der Waals surface area contributed by atoms with Crippen LogP contribution >= 0.6 is 11.6 Å². The van der Waals surface area contributed by atoms with Crippen LogP contribution in [0.5, 0.6) is 0 Å². The van der Waals surface area contributed by atoms with Crippen LogP contribution in [0.2, 0.25) is 5.02 Å². The maximum Gasteiger partial charge on any atom is 0.277 e. The number of halogens is 1. The predicted molar refractivity (Wildman–Crippen MR) is 65.7 cm³/mol. The number of aromatic nitrogens is 2. The number of carbonyl (C=O) groups excluding carboxylic acids is 1. The fourth-order valence-corrected chi connectivity index (χ4v) is 1.83. The number of aryl methyl sites for hydroxylation is 2. The van der Waals surface area contributed by atoms with Crippen molar-refractivity contribution in [3.63, 3.8) is 0 Å². The monoisotopic (exact) mass is 250 g/mol. The van der Waals surface area contributed by atoms with Gasteiger partial charge in [0, 0.05) is 23.3 Å². The van der Waals surface area contributed by atoms with E-state index in [0.29, 0.717) is 16.3 Å². The van der Waals surface area contributed by atoms with Gasteiger partial charge in [-0.05, 0) is 31.2 Å². The van der Waals surface area contributed by atoms with E-state index in [0.717, 1.165) is 0 Å². The van der Waals surface area contributed by atoms with Crippen molar-refractivity contribution in [3.8, 4) is 0 Å². The van der Waals surface area contributed by atoms with Gasteiger partial charge in [0.25, 0.3) is 5.56 Å². The molecule has 0 radical (unpaired) electrons. The van der Waals surface area contributed by atoms with Crippen LogP contribution in [0.3, 0.4) is 0 Å². The maximum atomic E-state index is 12.1. The van der Waals surface area contributed by atoms with Crippen LogP contribution in [-0.4, -0.2) is 15.6 Å². The van der Waals surface area contributed by atoms with Crippen molar-refractivity contribution >= 4 is 17.4 Å². The lowest BCUT2D eigenvalue weighted by molar-refractivity contribution is 0.103. The smallest absolute Gasteiger partial charge is 0.277 e. The van der Waals surface area contributed by atoms with E-state index in [4.69, 9.17) is 11.6 Å². The number of ketones is 1. The summed E-state index contributed by atoms with van der Waals surface area (Å²) in [6.07, 6.45) is 0. The van der Waals surface area contributed by atoms with Crippen molar-refractivity contribution in [2.75, 3.05) is 0 Å². The van der Waals surface area contributed by atoms with Crippen molar-refractivity contribution in [2.45, 2.75) is 6.92 Å². The zero-order chi connectivity index (χ0) is 12.6. The highest BCUT2D eigenvalue weighted by molar-refractivity contribution is 6.30. The molecule has 1 aromatic heterocycles. The number of carbonyl (C=O) groups is 1. The van der Waals surface area contributed by atoms with Crippen molar-refractivity contribution in [2.24, 2.45) is 7.05 Å². The topological polar surface area (TPSA) is 54.9 Å². The molecule has 1 heterocycles. The second kappa shape index (κ2) is 4.22. The molecule has 0 unspecified atom stereocenters. The van der Waals surface area contributed by atoms with E-state index in [2.05, 4.69) is 5.10 Å². The molecule has 88 valence electrons. The molecule has 0 spiro atoms. The molecular weight excluding hydrogens is 240 g/mol. The molecule has 1 aromatic carbocycles. The Labute approximate surface area is 103 Å². The molecule has 0 aliphatic heterocycles. The van der Waals surface area contributed by atoms with Crippen LogP contribution in [0.1, 0.15) is 21.6 Å². The Morgan fingerprint density at radius 1 is 1.29 bits per heavy atom. The first-order chi connectivity index (χ1) is 8.00. The number of H-pyrrole nitrogens is 1. The number of nitrogens with zero attached hydrogens (tertiary/aromatic N) is 1. The molecule has 2 rings (SSSR count). The highest BCUT2D eigenvalue weighted by atomic mass is 35.5. The molecule has 0 saturated heterocycles. The largest absolute Gasteiger partial charge is 0.299 e. The van der Waals surface area contributed by atoms with Gasteiger partial charge in [0.1, 0.15) is 5.56 Å². The standard InChI is InChI=1S/C12H11ClN2O2/c1-7-10(12(17)15(2)14-7)11(16)8-3-5-9(13)6-4-8/h3-6,14H,1-2H3. The Hall–Kier alpha value is -1.81. The maximum absolute atomic E-state index is 12.1. The molecule has 0 atom stereocenters. The Morgan fingerprint density at radius 2 is 1.88 bits per heavy atom. The summed E-state index contributed by atoms with van der Waals surface area (Å²) >= 11 is 5.75. The first-order valence-electron chi connectivity index (χ1n) is 5.06. The quantitative estimate of drug-likeness (QED) is 0.828. The van der Waals surface area contributed by atoms with Gasteiger partial charge in [-0.3, -0.25) is 19.4 Å². The summed E-state index contributed by atoms with van der Waals surface area (Å²) in [5.74, 6) is -0.291. The molecule has 0 saturated carbocycles. The average molecular weight is 251 g/mol. The van der Waals surface area contributed by atoms with Crippen LogP contribution in [0.15, 0.2) is 29.1 Å². The molecule has 2 aromatic rings. The summed E-state index contributed by atoms with van der Waals surface area (Å²) in [5.41, 5.74) is 0.879. The second-order valence-corrected chi connectivity index (χ2v) is 4.25. The van der Waals surface area contributed by atoms with Gasteiger partial charge in [0.15, 0.2) is 5.78 Å². The summed E-state index contributed by atoms with van der Waals surface area (Å²) in [6, 6.07) is 6.47. The van der Waals surface area contributed by atoms with Gasteiger partial charge in [-0.15, -0.1) is 0 Å². The fraction of sp³-hybridized carbons (Fsp3) is 0.167. The van der Waals surface area contributed by atoms with E-state index in [1.807, 2.05) is 0 Å². The van der Waals surface area contributed by atoms with Gasteiger partial charge in [-0.25, -0.2) is 0 Å². The Balaban J connectivity index is 2.51. The van der Waals surface area contributed by atoms with Gasteiger partial charge < -0.3 is 0 Å². The average Bonchev–Trinajstić information content (AvgIpc) is 2.53. The molecule has 1 N–H and O–H groups in total. The highest BCUT2D eigenvalue weighted by Crippen LogP contribution is 2.13. The van der Waals surface area contributed by atoms with E-state index in [1.165, 1.54) is 4.68 Å². The molecule has 0 aliphatic carbocycles. The van der Waals surface area contributed by atoms with Gasteiger partial charge >= 0.3 is 0 Å². The summed E-state index contributed by atoms with van der Waals surface area (Å²) in [7, 11) is 1.58. The highest BCUT2D eigenvalue weighted by Gasteiger charge is 2.18. The number of nitrogens with one attached hydrogen (secondary N) is 1. The zero-order valence-electron chi connectivity index (χ0n) is 9.45. The van der Waals surface area contributed by atoms with Crippen LogP contribution in [0.25, 0.3) is 0 Å². The molecule has 5 heteroatoms. The van der Waals surface area contributed by atoms with Gasteiger partial charge in [0.05, 0.1) is 0 Å². The van der Waals surface area contributed by atoms with Gasteiger partial charge in [-0.2, -0.15) is 0 Å². The Bertz CT molecular complexity index is 623. The molecule has 17 heavy (non-hydrogen) atoms. The number of benzene rings is 1. The van der Waals surface area contributed by atoms with E-state index in [9.17, 15) is 9.59 Å². The van der Waals surface area contributed by atoms with Crippen LogP contribution in [-0.2, 0) is 7.05 Å². The fourth-order valence-electron chi connectivity index (χ4n) is 1.70. The molecule has 0 amide bonds.